The molecular weight excluding hydrogens is 507 g/mol. The van der Waals surface area contributed by atoms with Crippen LogP contribution in [-0.2, 0) is 10.2 Å². The Labute approximate surface area is 217 Å². The molecule has 3 aromatic carbocycles. The monoisotopic (exact) mass is 530 g/mol. The van der Waals surface area contributed by atoms with E-state index in [1.807, 2.05) is 6.07 Å². The van der Waals surface area contributed by atoms with E-state index in [1.165, 1.54) is 25.3 Å². The molecule has 0 saturated carbocycles. The first-order valence-electron chi connectivity index (χ1n) is 12.2. The van der Waals surface area contributed by atoms with Crippen LogP contribution in [0.5, 0.6) is 5.75 Å². The van der Waals surface area contributed by atoms with Crippen molar-refractivity contribution in [1.82, 2.24) is 14.9 Å². The van der Waals surface area contributed by atoms with Gasteiger partial charge < -0.3 is 19.6 Å². The Morgan fingerprint density at radius 3 is 2.58 bits per heavy atom. The minimum Gasteiger partial charge on any atom is -0.496 e. The van der Waals surface area contributed by atoms with Crippen molar-refractivity contribution in [1.29, 1.82) is 5.26 Å². The average molecular weight is 531 g/mol. The summed E-state index contributed by atoms with van der Waals surface area (Å²) >= 11 is 0. The number of methoxy groups -OCH3 is 1. The number of nitrogens with zero attached hydrogens (tertiary/aromatic N) is 2. The minimum atomic E-state index is -4.91. The number of fused-ring (bicyclic) bond motifs is 4. The lowest BCUT2D eigenvalue weighted by Crippen LogP contribution is -2.30. The lowest BCUT2D eigenvalue weighted by molar-refractivity contribution is 0.381. The summed E-state index contributed by atoms with van der Waals surface area (Å²) in [5, 5.41) is 14.5. The number of pyridine rings is 1. The Hall–Kier alpha value is -4.20. The van der Waals surface area contributed by atoms with Crippen LogP contribution in [0, 0.1) is 11.3 Å². The average Bonchev–Trinajstić information content (AvgIpc) is 3.31. The van der Waals surface area contributed by atoms with Crippen LogP contribution < -0.4 is 15.5 Å². The zero-order chi connectivity index (χ0) is 26.6. The summed E-state index contributed by atoms with van der Waals surface area (Å²) < 4.78 is 44.8. The van der Waals surface area contributed by atoms with Crippen molar-refractivity contribution in [3.63, 3.8) is 0 Å². The van der Waals surface area contributed by atoms with E-state index in [-0.39, 0.29) is 11.5 Å². The maximum absolute atomic E-state index is 14.0. The first kappa shape index (κ1) is 24.2. The Morgan fingerprint density at radius 1 is 1.08 bits per heavy atom. The third kappa shape index (κ3) is 3.83. The molecule has 38 heavy (non-hydrogen) atoms. The van der Waals surface area contributed by atoms with Gasteiger partial charge in [-0.1, -0.05) is 18.2 Å². The number of nitrogens with one attached hydrogen (secondary N) is 2. The third-order valence-corrected chi connectivity index (χ3v) is 8.12. The Balaban J connectivity index is 1.74. The van der Waals surface area contributed by atoms with Crippen LogP contribution in [0.2, 0.25) is 0 Å². The Morgan fingerprint density at radius 2 is 1.87 bits per heavy atom. The van der Waals surface area contributed by atoms with E-state index in [1.54, 1.807) is 30.3 Å². The number of aromatic amines is 1. The second-order valence-corrected chi connectivity index (χ2v) is 10.8. The summed E-state index contributed by atoms with van der Waals surface area (Å²) in [6, 6.07) is 16.5. The van der Waals surface area contributed by atoms with Crippen molar-refractivity contribution in [3.8, 4) is 22.9 Å². The van der Waals surface area contributed by atoms with Gasteiger partial charge in [0, 0.05) is 22.5 Å². The number of piperidine rings is 1. The normalized spacial score (nSPS) is 14.8. The second-order valence-electron chi connectivity index (χ2n) is 9.44. The molecule has 2 N–H and O–H groups in total. The summed E-state index contributed by atoms with van der Waals surface area (Å²) in [7, 11) is -3.44. The predicted octanol–water partition coefficient (Wildman–Crippen LogP) is 4.77. The highest BCUT2D eigenvalue weighted by Crippen LogP contribution is 2.38. The predicted molar refractivity (Wildman–Crippen MR) is 144 cm³/mol. The van der Waals surface area contributed by atoms with Gasteiger partial charge in [0.15, 0.2) is 5.43 Å². The fourth-order valence-electron chi connectivity index (χ4n) is 5.52. The van der Waals surface area contributed by atoms with Gasteiger partial charge in [-0.3, -0.25) is 4.79 Å². The van der Waals surface area contributed by atoms with E-state index < -0.39 is 15.1 Å². The van der Waals surface area contributed by atoms with Crippen LogP contribution in [0.25, 0.3) is 44.0 Å². The molecule has 0 atom stereocenters. The van der Waals surface area contributed by atoms with Gasteiger partial charge in [-0.15, -0.1) is 3.89 Å². The Bertz CT molecular complexity index is 1970. The van der Waals surface area contributed by atoms with Crippen LogP contribution in [0.4, 0.5) is 3.89 Å². The molecule has 192 valence electrons. The molecule has 5 aromatic rings. The fourth-order valence-corrected chi connectivity index (χ4v) is 6.03. The SMILES string of the molecule is COc1cc2c(=O)c3c4ccc(C#N)cc4[nH]c3n(C3CCNCC3)c2cc1-c1cccc(S(=O)(=O)F)c1. The van der Waals surface area contributed by atoms with Gasteiger partial charge in [0.05, 0.1) is 39.9 Å². The van der Waals surface area contributed by atoms with E-state index >= 15 is 0 Å². The van der Waals surface area contributed by atoms with Crippen molar-refractivity contribution >= 4 is 43.1 Å². The summed E-state index contributed by atoms with van der Waals surface area (Å²) in [6.45, 7) is 1.63. The Kier molecular flexibility index (Phi) is 5.70. The molecule has 3 heterocycles. The van der Waals surface area contributed by atoms with Crippen molar-refractivity contribution in [2.45, 2.75) is 23.8 Å². The van der Waals surface area contributed by atoms with Crippen molar-refractivity contribution in [2.24, 2.45) is 0 Å². The molecule has 1 aliphatic heterocycles. The van der Waals surface area contributed by atoms with Crippen molar-refractivity contribution in [2.75, 3.05) is 20.2 Å². The highest BCUT2D eigenvalue weighted by Gasteiger charge is 2.25. The third-order valence-electron chi connectivity index (χ3n) is 7.30. The molecule has 0 spiro atoms. The molecule has 0 unspecified atom stereocenters. The summed E-state index contributed by atoms with van der Waals surface area (Å²) in [6.07, 6.45) is 1.67. The molecular formula is C28H23FN4O4S. The van der Waals surface area contributed by atoms with Gasteiger partial charge >= 0.3 is 10.2 Å². The number of aromatic nitrogens is 2. The van der Waals surface area contributed by atoms with Crippen LogP contribution >= 0.6 is 0 Å². The topological polar surface area (TPSA) is 117 Å². The van der Waals surface area contributed by atoms with E-state index in [0.717, 1.165) is 31.3 Å². The number of nitriles is 1. The van der Waals surface area contributed by atoms with E-state index in [4.69, 9.17) is 4.74 Å². The number of rotatable bonds is 4. The van der Waals surface area contributed by atoms with Gasteiger partial charge in [0.2, 0.25) is 0 Å². The molecule has 0 bridgehead atoms. The van der Waals surface area contributed by atoms with Crippen molar-refractivity contribution in [3.05, 3.63) is 70.4 Å². The summed E-state index contributed by atoms with van der Waals surface area (Å²) in [5.74, 6) is 0.367. The van der Waals surface area contributed by atoms with Crippen molar-refractivity contribution < 1.29 is 17.0 Å². The molecule has 0 amide bonds. The van der Waals surface area contributed by atoms with Gasteiger partial charge in [-0.05, 0) is 67.9 Å². The maximum Gasteiger partial charge on any atom is 0.332 e. The maximum atomic E-state index is 14.0. The number of H-pyrrole nitrogens is 1. The highest BCUT2D eigenvalue weighted by molar-refractivity contribution is 7.86. The largest absolute Gasteiger partial charge is 0.496 e. The smallest absolute Gasteiger partial charge is 0.332 e. The van der Waals surface area contributed by atoms with E-state index in [0.29, 0.717) is 49.9 Å². The van der Waals surface area contributed by atoms with Crippen LogP contribution in [0.3, 0.4) is 0 Å². The summed E-state index contributed by atoms with van der Waals surface area (Å²) in [4.78, 5) is 16.9. The number of hydrogen-bond acceptors (Lipinski definition) is 6. The van der Waals surface area contributed by atoms with Crippen LogP contribution in [0.15, 0.2) is 64.3 Å². The number of hydrogen-bond donors (Lipinski definition) is 2. The first-order valence-corrected chi connectivity index (χ1v) is 13.6. The molecule has 0 aliphatic carbocycles. The zero-order valence-electron chi connectivity index (χ0n) is 20.4. The number of ether oxygens (including phenoxy) is 1. The summed E-state index contributed by atoms with van der Waals surface area (Å²) in [5.41, 5.74) is 3.31. The highest BCUT2D eigenvalue weighted by atomic mass is 32.3. The van der Waals surface area contributed by atoms with Crippen LogP contribution in [-0.4, -0.2) is 38.2 Å². The molecule has 10 heteroatoms. The molecule has 1 fully saturated rings. The molecule has 1 saturated heterocycles. The van der Waals surface area contributed by atoms with Gasteiger partial charge in [0.1, 0.15) is 11.4 Å². The van der Waals surface area contributed by atoms with Gasteiger partial charge in [-0.25, -0.2) is 0 Å². The van der Waals surface area contributed by atoms with E-state index in [9.17, 15) is 22.4 Å². The number of halogens is 1. The number of benzene rings is 3. The minimum absolute atomic E-state index is 0.0733. The first-order chi connectivity index (χ1) is 18.3. The molecule has 2 aromatic heterocycles. The molecule has 8 nitrogen and oxygen atoms in total. The molecule has 1 aliphatic rings. The molecule has 6 rings (SSSR count). The van der Waals surface area contributed by atoms with E-state index in [2.05, 4.69) is 20.9 Å². The van der Waals surface area contributed by atoms with Gasteiger partial charge in [0.25, 0.3) is 0 Å². The quantitative estimate of drug-likeness (QED) is 0.324. The molecule has 0 radical (unpaired) electrons. The lowest BCUT2D eigenvalue weighted by atomic mass is 9.99. The lowest BCUT2D eigenvalue weighted by Gasteiger charge is -2.28. The fraction of sp³-hybridized carbons (Fsp3) is 0.214. The van der Waals surface area contributed by atoms with Gasteiger partial charge in [-0.2, -0.15) is 13.7 Å². The van der Waals surface area contributed by atoms with Crippen LogP contribution in [0.1, 0.15) is 24.4 Å². The second kappa shape index (κ2) is 8.97. The zero-order valence-corrected chi connectivity index (χ0v) is 21.2. The standard InChI is InChI=1S/C28H23FN4O4S/c1-37-25-14-22-24(13-21(25)17-3-2-4-19(12-17)38(29,35)36)33(18-7-9-31-10-8-18)28-26(27(22)34)20-6-5-16(15-30)11-23(20)32-28/h2-6,11-14,18,31-32H,7-10H2,1H3.